The molecule has 5 rings (SSSR count). The van der Waals surface area contributed by atoms with Crippen molar-refractivity contribution in [2.24, 2.45) is 5.73 Å². The highest BCUT2D eigenvalue weighted by Crippen LogP contribution is 2.34. The Bertz CT molecular complexity index is 1400. The Kier molecular flexibility index (Phi) is 16.5. The van der Waals surface area contributed by atoms with Crippen molar-refractivity contribution in [1.29, 1.82) is 0 Å². The lowest BCUT2D eigenvalue weighted by molar-refractivity contribution is -0.128. The van der Waals surface area contributed by atoms with E-state index in [1.165, 1.54) is 11.1 Å². The molecule has 6 heteroatoms. The van der Waals surface area contributed by atoms with Crippen LogP contribution in [-0.4, -0.2) is 26.3 Å². The molecule has 0 saturated carbocycles. The number of hydrogen-bond donors (Lipinski definition) is 1. The van der Waals surface area contributed by atoms with E-state index in [2.05, 4.69) is 66.3 Å². The van der Waals surface area contributed by atoms with Gasteiger partial charge in [0.2, 0.25) is 0 Å². The quantitative estimate of drug-likeness (QED) is 0.197. The maximum Gasteiger partial charge on any atom is 0.293 e. The molecule has 0 unspecified atom stereocenters. The van der Waals surface area contributed by atoms with Gasteiger partial charge < -0.3 is 24.4 Å². The summed E-state index contributed by atoms with van der Waals surface area (Å²) in [5.41, 5.74) is 15.0. The van der Waals surface area contributed by atoms with Crippen LogP contribution < -0.4 is 10.5 Å². The number of aryl methyl sites for hydroxylation is 1. The lowest BCUT2D eigenvalue weighted by atomic mass is 9.96. The van der Waals surface area contributed by atoms with Crippen LogP contribution in [0, 0.1) is 0 Å². The molecular weight excluding hydrogens is 538 g/mol. The van der Waals surface area contributed by atoms with Crippen LogP contribution in [0.15, 0.2) is 76.9 Å². The molecule has 3 aromatic carbocycles. The maximum absolute atomic E-state index is 9.18. The number of ether oxygens (including phenoxy) is 3. The van der Waals surface area contributed by atoms with E-state index in [9.17, 15) is 4.79 Å². The third-order valence-electron chi connectivity index (χ3n) is 6.74. The highest BCUT2D eigenvalue weighted by Gasteiger charge is 2.15. The molecule has 4 aromatic rings. The second-order valence-electron chi connectivity index (χ2n) is 9.32. The average molecular weight is 588 g/mol. The van der Waals surface area contributed by atoms with Gasteiger partial charge in [-0.1, -0.05) is 82.7 Å². The molecule has 43 heavy (non-hydrogen) atoms. The highest BCUT2D eigenvalue weighted by molar-refractivity contribution is 5.93. The molecule has 0 aliphatic carbocycles. The third-order valence-corrected chi connectivity index (χ3v) is 6.74. The van der Waals surface area contributed by atoms with Crippen molar-refractivity contribution in [3.63, 3.8) is 0 Å². The molecule has 0 bridgehead atoms. The number of carbonyl (C=O) groups is 1. The fourth-order valence-electron chi connectivity index (χ4n) is 4.64. The molecule has 0 radical (unpaired) electrons. The largest absolute Gasteiger partial charge is 0.488 e. The molecule has 1 aliphatic heterocycles. The van der Waals surface area contributed by atoms with Crippen molar-refractivity contribution >= 4 is 23.5 Å². The Labute approximate surface area is 257 Å². The van der Waals surface area contributed by atoms with Gasteiger partial charge in [0.1, 0.15) is 17.9 Å². The summed E-state index contributed by atoms with van der Waals surface area (Å²) in [4.78, 5) is 9.18. The standard InChI is InChI=1S/C30H31NO3.C3H6O2.2C2H6/c1-2-23-7-3-4-9-29(23)33-19-27-20-34-30-26(14-21-10-12-32-13-11-21)16-25(17-28(27)30)24-8-5-6-22(15-24)18-31;1-2-5-3-4;2*1-2/h3-9,14-17,20H,2,10-13,18-19,31H2,1H3;3H,2H2,1H3;2*1-2H3. The summed E-state index contributed by atoms with van der Waals surface area (Å²) >= 11 is 0. The number of rotatable bonds is 9. The topological polar surface area (TPSA) is 83.9 Å². The predicted octanol–water partition coefficient (Wildman–Crippen LogP) is 9.13. The van der Waals surface area contributed by atoms with E-state index in [-0.39, 0.29) is 0 Å². The van der Waals surface area contributed by atoms with E-state index in [4.69, 9.17) is 19.6 Å². The molecule has 1 aromatic heterocycles. The first-order valence-corrected chi connectivity index (χ1v) is 15.5. The van der Waals surface area contributed by atoms with Crippen molar-refractivity contribution in [2.75, 3.05) is 19.8 Å². The smallest absolute Gasteiger partial charge is 0.293 e. The van der Waals surface area contributed by atoms with Gasteiger partial charge in [0.15, 0.2) is 0 Å². The summed E-state index contributed by atoms with van der Waals surface area (Å²) in [6.45, 7) is 15.3. The molecule has 6 nitrogen and oxygen atoms in total. The van der Waals surface area contributed by atoms with Crippen molar-refractivity contribution in [3.8, 4) is 16.9 Å². The van der Waals surface area contributed by atoms with Gasteiger partial charge in [0.25, 0.3) is 6.47 Å². The molecule has 1 saturated heterocycles. The summed E-state index contributed by atoms with van der Waals surface area (Å²) in [6, 6.07) is 21.1. The summed E-state index contributed by atoms with van der Waals surface area (Å²) in [6.07, 6.45) is 6.97. The Hall–Kier alpha value is -3.87. The number of carbonyl (C=O) groups excluding carboxylic acids is 1. The Morgan fingerprint density at radius 3 is 2.28 bits per heavy atom. The minimum Gasteiger partial charge on any atom is -0.488 e. The zero-order valence-corrected chi connectivity index (χ0v) is 26.8. The van der Waals surface area contributed by atoms with E-state index in [1.54, 1.807) is 6.92 Å². The van der Waals surface area contributed by atoms with E-state index < -0.39 is 0 Å². The van der Waals surface area contributed by atoms with Crippen LogP contribution in [0.2, 0.25) is 0 Å². The molecule has 1 fully saturated rings. The van der Waals surface area contributed by atoms with Crippen LogP contribution in [0.25, 0.3) is 28.2 Å². The first-order valence-electron chi connectivity index (χ1n) is 15.5. The van der Waals surface area contributed by atoms with Crippen molar-refractivity contribution in [2.45, 2.75) is 74.0 Å². The molecule has 0 amide bonds. The van der Waals surface area contributed by atoms with Gasteiger partial charge in [-0.05, 0) is 72.7 Å². The molecule has 2 N–H and O–H groups in total. The Balaban J connectivity index is 0.000000642. The van der Waals surface area contributed by atoms with Crippen LogP contribution in [0.3, 0.4) is 0 Å². The summed E-state index contributed by atoms with van der Waals surface area (Å²) < 4.78 is 22.1. The van der Waals surface area contributed by atoms with Crippen molar-refractivity contribution < 1.29 is 23.4 Å². The van der Waals surface area contributed by atoms with Crippen molar-refractivity contribution in [3.05, 3.63) is 94.8 Å². The van der Waals surface area contributed by atoms with Crippen LogP contribution in [0.1, 0.15) is 76.6 Å². The number of furan rings is 1. The second kappa shape index (κ2) is 20.1. The predicted molar refractivity (Wildman–Crippen MR) is 178 cm³/mol. The summed E-state index contributed by atoms with van der Waals surface area (Å²) in [5.74, 6) is 0.927. The fraction of sp³-hybridized carbons (Fsp3) is 0.378. The zero-order valence-electron chi connectivity index (χ0n) is 26.8. The van der Waals surface area contributed by atoms with Crippen LogP contribution in [0.4, 0.5) is 0 Å². The Morgan fingerprint density at radius 2 is 1.63 bits per heavy atom. The van der Waals surface area contributed by atoms with E-state index >= 15 is 0 Å². The second-order valence-corrected chi connectivity index (χ2v) is 9.32. The monoisotopic (exact) mass is 587 g/mol. The minimum atomic E-state index is 0.431. The summed E-state index contributed by atoms with van der Waals surface area (Å²) in [7, 11) is 0. The normalized spacial score (nSPS) is 12.0. The molecule has 0 atom stereocenters. The molecule has 2 heterocycles. The number of fused-ring (bicyclic) bond motifs is 1. The van der Waals surface area contributed by atoms with Crippen LogP contribution in [0.5, 0.6) is 5.75 Å². The molecular formula is C37H49NO5. The van der Waals surface area contributed by atoms with Gasteiger partial charge in [0, 0.05) is 23.1 Å². The van der Waals surface area contributed by atoms with E-state index in [0.717, 1.165) is 77.0 Å². The van der Waals surface area contributed by atoms with Crippen molar-refractivity contribution in [1.82, 2.24) is 0 Å². The van der Waals surface area contributed by atoms with E-state index in [0.29, 0.717) is 26.2 Å². The third kappa shape index (κ3) is 10.4. The molecule has 0 spiro atoms. The number of nitrogens with two attached hydrogens (primary N) is 1. The lowest BCUT2D eigenvalue weighted by Gasteiger charge is -2.15. The van der Waals surface area contributed by atoms with Crippen LogP contribution >= 0.6 is 0 Å². The SMILES string of the molecule is CC.CC.CCOC=O.CCc1ccccc1OCc1coc2c(C=C3CCOCC3)cc(-c3cccc(CN)c3)cc12. The van der Waals surface area contributed by atoms with Gasteiger partial charge in [-0.3, -0.25) is 4.79 Å². The fourth-order valence-corrected chi connectivity index (χ4v) is 4.64. The van der Waals surface area contributed by atoms with E-state index in [1.807, 2.05) is 46.1 Å². The maximum atomic E-state index is 9.18. The summed E-state index contributed by atoms with van der Waals surface area (Å²) in [5, 5.41) is 1.09. The van der Waals surface area contributed by atoms with Gasteiger partial charge in [-0.25, -0.2) is 0 Å². The number of hydrogen-bond acceptors (Lipinski definition) is 6. The van der Waals surface area contributed by atoms with Gasteiger partial charge in [0.05, 0.1) is 26.1 Å². The lowest BCUT2D eigenvalue weighted by Crippen LogP contribution is -2.06. The highest BCUT2D eigenvalue weighted by atomic mass is 16.5. The van der Waals surface area contributed by atoms with Gasteiger partial charge >= 0.3 is 0 Å². The van der Waals surface area contributed by atoms with Crippen LogP contribution in [-0.2, 0) is 33.8 Å². The Morgan fingerprint density at radius 1 is 0.884 bits per heavy atom. The molecule has 232 valence electrons. The first kappa shape index (κ1) is 35.3. The number of benzene rings is 3. The average Bonchev–Trinajstić information content (AvgIpc) is 3.50. The number of para-hydroxylation sites is 1. The van der Waals surface area contributed by atoms with Gasteiger partial charge in [-0.2, -0.15) is 0 Å². The first-order chi connectivity index (χ1) is 21.2. The minimum absolute atomic E-state index is 0.431. The molecule has 1 aliphatic rings. The van der Waals surface area contributed by atoms with Gasteiger partial charge in [-0.15, -0.1) is 0 Å². The zero-order chi connectivity index (χ0) is 31.5.